The van der Waals surface area contributed by atoms with Crippen molar-refractivity contribution >= 4 is 0 Å². The molecule has 0 amide bonds. The van der Waals surface area contributed by atoms with Crippen LogP contribution in [0.5, 0.6) is 0 Å². The molecule has 0 atom stereocenters. The summed E-state index contributed by atoms with van der Waals surface area (Å²) in [7, 11) is 0. The second-order valence-electron chi connectivity index (χ2n) is 12.1. The van der Waals surface area contributed by atoms with Crippen LogP contribution in [0.25, 0.3) is 50.1 Å². The number of rotatable bonds is 5. The predicted octanol–water partition coefficient (Wildman–Crippen LogP) is 8.45. The summed E-state index contributed by atoms with van der Waals surface area (Å²) in [5, 5.41) is 13.8. The van der Waals surface area contributed by atoms with Crippen LogP contribution in [-0.4, -0.2) is 87.2 Å². The first-order valence-electron chi connectivity index (χ1n) is 17.9. The van der Waals surface area contributed by atoms with Crippen molar-refractivity contribution in [2.24, 2.45) is 0 Å². The molecule has 0 bridgehead atoms. The molecular formula is C42H47CuN10Ru+. The average Bonchev–Trinajstić information content (AvgIpc) is 3.21. The van der Waals surface area contributed by atoms with Gasteiger partial charge in [0.1, 0.15) is 0 Å². The van der Waals surface area contributed by atoms with Gasteiger partial charge in [0.2, 0.25) is 0 Å². The zero-order chi connectivity index (χ0) is 35.9. The van der Waals surface area contributed by atoms with Gasteiger partial charge in [-0.15, -0.1) is 13.1 Å². The third kappa shape index (κ3) is 16.5. The van der Waals surface area contributed by atoms with Crippen LogP contribution in [0.2, 0.25) is 0 Å². The van der Waals surface area contributed by atoms with E-state index in [1.165, 1.54) is 11.1 Å². The van der Waals surface area contributed by atoms with Crippen molar-refractivity contribution in [2.45, 2.75) is 26.3 Å². The van der Waals surface area contributed by atoms with Gasteiger partial charge in [0.25, 0.3) is 0 Å². The van der Waals surface area contributed by atoms with E-state index in [9.17, 15) is 0 Å². The molecule has 1 aliphatic rings. The van der Waals surface area contributed by atoms with Gasteiger partial charge in [0, 0.05) is 43.7 Å². The molecule has 7 heterocycles. The van der Waals surface area contributed by atoms with Gasteiger partial charge < -0.3 is 20.9 Å². The maximum atomic E-state index is 4.68. The third-order valence-electron chi connectivity index (χ3n) is 8.01. The fraction of sp³-hybridized carbons (Fsp3) is 0.286. The Labute approximate surface area is 343 Å². The summed E-state index contributed by atoms with van der Waals surface area (Å²) >= 11 is 0. The minimum absolute atomic E-state index is 0. The van der Waals surface area contributed by atoms with E-state index in [2.05, 4.69) is 75.9 Å². The first-order valence-corrected chi connectivity index (χ1v) is 17.9. The summed E-state index contributed by atoms with van der Waals surface area (Å²) < 4.78 is 0. The third-order valence-corrected chi connectivity index (χ3v) is 8.01. The quantitative estimate of drug-likeness (QED) is 0.160. The van der Waals surface area contributed by atoms with E-state index in [4.69, 9.17) is 0 Å². The van der Waals surface area contributed by atoms with Gasteiger partial charge in [-0.05, 0) is 104 Å². The number of aromatic nitrogens is 6. The van der Waals surface area contributed by atoms with E-state index >= 15 is 0 Å². The number of aryl methyl sites for hydroxylation is 1. The maximum Gasteiger partial charge on any atom is 2.00 e. The Kier molecular flexibility index (Phi) is 21.8. The van der Waals surface area contributed by atoms with E-state index in [1.54, 1.807) is 24.8 Å². The van der Waals surface area contributed by atoms with Crippen molar-refractivity contribution in [1.82, 2.24) is 34.8 Å². The summed E-state index contributed by atoms with van der Waals surface area (Å²) in [6.07, 6.45) is 12.9. The van der Waals surface area contributed by atoms with Crippen LogP contribution in [0.3, 0.4) is 0 Å². The molecular weight excluding hydrogens is 809 g/mol. The van der Waals surface area contributed by atoms with Gasteiger partial charge in [0.05, 0.1) is 34.2 Å². The fourth-order valence-corrected chi connectivity index (χ4v) is 5.36. The smallest absolute Gasteiger partial charge is 0.664 e. The average molecular weight is 857 g/mol. The van der Waals surface area contributed by atoms with Crippen molar-refractivity contribution < 1.29 is 36.5 Å². The maximum absolute atomic E-state index is 4.68. The molecule has 7 rings (SSSR count). The molecule has 1 saturated heterocycles. The van der Waals surface area contributed by atoms with Crippen molar-refractivity contribution in [2.75, 3.05) is 52.4 Å². The molecule has 0 aromatic carbocycles. The summed E-state index contributed by atoms with van der Waals surface area (Å²) in [5.74, 6) is 0. The Morgan fingerprint density at radius 2 is 0.907 bits per heavy atom. The van der Waals surface area contributed by atoms with Crippen molar-refractivity contribution in [1.29, 1.82) is 0 Å². The molecule has 0 unspecified atom stereocenters. The Balaban J connectivity index is 0.000000248. The molecule has 54 heavy (non-hydrogen) atoms. The number of hydrogen-bond acceptors (Lipinski definition) is 7. The largest absolute Gasteiger partial charge is 2.00 e. The number of nitrogens with zero attached hydrogens (tertiary/aromatic N) is 10. The topological polar surface area (TPSA) is 123 Å². The second-order valence-corrected chi connectivity index (χ2v) is 12.1. The Bertz CT molecular complexity index is 1660. The Hall–Kier alpha value is -4.12. The summed E-state index contributed by atoms with van der Waals surface area (Å²) in [4.78, 5) is 28.2. The Morgan fingerprint density at radius 1 is 0.463 bits per heavy atom. The molecule has 6 aromatic heterocycles. The summed E-state index contributed by atoms with van der Waals surface area (Å²) in [6.45, 7) is 10.3. The monoisotopic (exact) mass is 856 g/mol. The van der Waals surface area contributed by atoms with Crippen LogP contribution in [0.4, 0.5) is 0 Å². The van der Waals surface area contributed by atoms with Crippen molar-refractivity contribution in [3.05, 3.63) is 161 Å². The van der Waals surface area contributed by atoms with Gasteiger partial charge in [-0.3, -0.25) is 29.9 Å². The molecule has 1 radical (unpaired) electrons. The molecule has 283 valence electrons. The molecule has 0 spiro atoms. The zero-order valence-electron chi connectivity index (χ0n) is 30.6. The van der Waals surface area contributed by atoms with E-state index < -0.39 is 0 Å². The molecule has 0 saturated carbocycles. The van der Waals surface area contributed by atoms with Crippen LogP contribution in [0, 0.1) is 6.92 Å². The summed E-state index contributed by atoms with van der Waals surface area (Å²) in [6, 6.07) is 31.6. The Morgan fingerprint density at radius 3 is 1.39 bits per heavy atom. The van der Waals surface area contributed by atoms with E-state index in [-0.39, 0.29) is 36.5 Å². The predicted molar refractivity (Wildman–Crippen MR) is 211 cm³/mol. The van der Waals surface area contributed by atoms with Crippen LogP contribution in [0.1, 0.15) is 24.0 Å². The van der Waals surface area contributed by atoms with E-state index in [0.717, 1.165) is 106 Å². The SMILES string of the molecule is Cc1ccnc(-c2cc(CN3CCC[N-]CC[N-]CCC[N-]CC3)ccn2)c1.[Cu+2].[Ru+2].c1ccc(-c2ccccn2)nc1.c1ccc(-c2ccccn2)nc1. The van der Waals surface area contributed by atoms with E-state index in [0.29, 0.717) is 0 Å². The van der Waals surface area contributed by atoms with Gasteiger partial charge >= 0.3 is 36.5 Å². The van der Waals surface area contributed by atoms with Gasteiger partial charge in [-0.25, -0.2) is 0 Å². The minimum atomic E-state index is 0. The second kappa shape index (κ2) is 26.6. The molecule has 10 nitrogen and oxygen atoms in total. The van der Waals surface area contributed by atoms with Crippen LogP contribution in [0.15, 0.2) is 134 Å². The number of hydrogen-bond donors (Lipinski definition) is 0. The normalized spacial score (nSPS) is 13.9. The zero-order valence-corrected chi connectivity index (χ0v) is 33.3. The van der Waals surface area contributed by atoms with Crippen LogP contribution >= 0.6 is 0 Å². The molecule has 6 aromatic rings. The first kappa shape index (κ1) is 44.3. The number of pyridine rings is 6. The fourth-order valence-electron chi connectivity index (χ4n) is 5.36. The van der Waals surface area contributed by atoms with Crippen molar-refractivity contribution in [3.8, 4) is 34.2 Å². The van der Waals surface area contributed by atoms with Crippen LogP contribution in [-0.2, 0) is 43.1 Å². The molecule has 12 heteroatoms. The minimum Gasteiger partial charge on any atom is -0.664 e. The van der Waals surface area contributed by atoms with Crippen molar-refractivity contribution in [3.63, 3.8) is 0 Å². The molecule has 1 aliphatic heterocycles. The standard InChI is InChI=1S/C22H31N6.2C10H8N2.Cu.Ru/c1-19-4-9-26-21(16-19)22-17-20(5-10-27-22)18-28-14-3-8-24-12-11-23-6-2-7-25-13-15-28;2*1-3-7-11-9(5-1)10-6-2-4-8-12-10;;/h4-5,9-10,16-17H,2-3,6-8,11-15,18H2,1H3;2*1-8H;;/q-3;;;2*+2. The summed E-state index contributed by atoms with van der Waals surface area (Å²) in [5.41, 5.74) is 8.00. The van der Waals surface area contributed by atoms with Gasteiger partial charge in [-0.1, -0.05) is 37.1 Å². The van der Waals surface area contributed by atoms with Gasteiger partial charge in [0.15, 0.2) is 0 Å². The molecule has 0 N–H and O–H groups in total. The van der Waals surface area contributed by atoms with Crippen LogP contribution < -0.4 is 0 Å². The van der Waals surface area contributed by atoms with Gasteiger partial charge in [-0.2, -0.15) is 26.2 Å². The first-order chi connectivity index (χ1) is 25.7. The van der Waals surface area contributed by atoms with E-state index in [1.807, 2.05) is 91.3 Å². The molecule has 0 aliphatic carbocycles. The molecule has 1 fully saturated rings.